The first-order valence-corrected chi connectivity index (χ1v) is 7.29. The highest BCUT2D eigenvalue weighted by Crippen LogP contribution is 2.35. The van der Waals surface area contributed by atoms with Crippen LogP contribution in [0.4, 0.5) is 24.5 Å². The Kier molecular flexibility index (Phi) is 4.26. The van der Waals surface area contributed by atoms with Crippen LogP contribution in [0.1, 0.15) is 11.5 Å². The second kappa shape index (κ2) is 6.39. The zero-order valence-corrected chi connectivity index (χ0v) is 12.7. The van der Waals surface area contributed by atoms with E-state index in [4.69, 9.17) is 0 Å². The molecule has 0 N–H and O–H groups in total. The number of alkyl halides is 3. The van der Waals surface area contributed by atoms with Gasteiger partial charge in [0.15, 0.2) is 5.71 Å². The average Bonchev–Trinajstić information content (AvgIpc) is 2.61. The Morgan fingerprint density at radius 3 is 2.44 bits per heavy atom. The Morgan fingerprint density at radius 1 is 1.08 bits per heavy atom. The molecule has 5 nitrogen and oxygen atoms in total. The van der Waals surface area contributed by atoms with Gasteiger partial charge in [-0.15, -0.1) is 0 Å². The molecule has 8 heteroatoms. The molecule has 1 heterocycles. The summed E-state index contributed by atoms with van der Waals surface area (Å²) in [5.74, 6) is -1.21. The summed E-state index contributed by atoms with van der Waals surface area (Å²) in [5, 5.41) is 15.7. The molecule has 0 spiro atoms. The van der Waals surface area contributed by atoms with Crippen LogP contribution in [0.5, 0.6) is 0 Å². The van der Waals surface area contributed by atoms with Crippen molar-refractivity contribution in [2.75, 3.05) is 5.01 Å². The summed E-state index contributed by atoms with van der Waals surface area (Å²) in [6.07, 6.45) is -1.91. The lowest BCUT2D eigenvalue weighted by Gasteiger charge is -2.27. The minimum atomic E-state index is -4.67. The van der Waals surface area contributed by atoms with Crippen molar-refractivity contribution in [1.82, 2.24) is 0 Å². The van der Waals surface area contributed by atoms with Crippen molar-refractivity contribution in [2.24, 2.45) is 5.10 Å². The zero-order valence-electron chi connectivity index (χ0n) is 12.7. The summed E-state index contributed by atoms with van der Waals surface area (Å²) in [6.45, 7) is 0. The van der Waals surface area contributed by atoms with Gasteiger partial charge in [0.25, 0.3) is 5.69 Å². The molecule has 2 aromatic rings. The number of hydrogen-bond donors (Lipinski definition) is 0. The molecule has 1 atom stereocenters. The molecule has 1 aliphatic heterocycles. The summed E-state index contributed by atoms with van der Waals surface area (Å²) >= 11 is 0. The van der Waals surface area contributed by atoms with Crippen LogP contribution in [0.15, 0.2) is 72.0 Å². The largest absolute Gasteiger partial charge is 0.432 e. The first-order valence-electron chi connectivity index (χ1n) is 7.29. The maximum Gasteiger partial charge on any atom is 0.432 e. The van der Waals surface area contributed by atoms with E-state index in [-0.39, 0.29) is 11.3 Å². The standard InChI is InChI=1S/C17H12F3N3O2/c18-17(19,20)16-15(12-5-4-8-14(11-12)23(24)25)9-10-22(21-16)13-6-2-1-3-7-13/h1-11,15H. The molecule has 3 rings (SSSR count). The Labute approximate surface area is 140 Å². The SMILES string of the molecule is O=[N+]([O-])c1cccc(C2C=CN(c3ccccc3)N=C2C(F)(F)F)c1. The van der Waals surface area contributed by atoms with Crippen LogP contribution in [-0.2, 0) is 0 Å². The third-order valence-electron chi connectivity index (χ3n) is 3.68. The maximum absolute atomic E-state index is 13.5. The number of anilines is 1. The summed E-state index contributed by atoms with van der Waals surface area (Å²) in [6, 6.07) is 13.5. The summed E-state index contributed by atoms with van der Waals surface area (Å²) < 4.78 is 40.5. The van der Waals surface area contributed by atoms with Crippen molar-refractivity contribution in [3.8, 4) is 0 Å². The number of non-ortho nitro benzene ring substituents is 1. The highest BCUT2D eigenvalue weighted by molar-refractivity contribution is 5.98. The lowest BCUT2D eigenvalue weighted by atomic mass is 9.92. The Bertz CT molecular complexity index is 848. The van der Waals surface area contributed by atoms with Gasteiger partial charge in [-0.1, -0.05) is 36.4 Å². The smallest absolute Gasteiger partial charge is 0.258 e. The molecule has 1 unspecified atom stereocenters. The van der Waals surface area contributed by atoms with Crippen LogP contribution in [0.3, 0.4) is 0 Å². The van der Waals surface area contributed by atoms with Crippen molar-refractivity contribution in [2.45, 2.75) is 12.1 Å². The third-order valence-corrected chi connectivity index (χ3v) is 3.68. The first kappa shape index (κ1) is 16.7. The van der Waals surface area contributed by atoms with Crippen LogP contribution in [0.25, 0.3) is 0 Å². The number of allylic oxidation sites excluding steroid dienone is 1. The first-order chi connectivity index (χ1) is 11.9. The van der Waals surface area contributed by atoms with Crippen molar-refractivity contribution in [3.63, 3.8) is 0 Å². The number of nitro groups is 1. The van der Waals surface area contributed by atoms with Gasteiger partial charge in [-0.3, -0.25) is 10.1 Å². The molecule has 128 valence electrons. The summed E-state index contributed by atoms with van der Waals surface area (Å²) in [7, 11) is 0. The van der Waals surface area contributed by atoms with Gasteiger partial charge in [0.05, 0.1) is 16.5 Å². The number of halogens is 3. The molecule has 0 saturated heterocycles. The number of benzene rings is 2. The quantitative estimate of drug-likeness (QED) is 0.601. The van der Waals surface area contributed by atoms with E-state index in [0.29, 0.717) is 5.69 Å². The van der Waals surface area contributed by atoms with Crippen LogP contribution in [0, 0.1) is 10.1 Å². The van der Waals surface area contributed by atoms with E-state index in [1.165, 1.54) is 30.5 Å². The normalized spacial score (nSPS) is 17.3. The lowest BCUT2D eigenvalue weighted by Crippen LogP contribution is -2.34. The van der Waals surface area contributed by atoms with Crippen LogP contribution in [-0.4, -0.2) is 16.8 Å². The number of rotatable bonds is 3. The molecule has 0 fully saturated rings. The van der Waals surface area contributed by atoms with Gasteiger partial charge >= 0.3 is 6.18 Å². The molecule has 0 bridgehead atoms. The number of para-hydroxylation sites is 1. The van der Waals surface area contributed by atoms with Gasteiger partial charge < -0.3 is 0 Å². The Hall–Kier alpha value is -3.16. The molecule has 1 aliphatic rings. The number of hydrazone groups is 1. The van der Waals surface area contributed by atoms with E-state index >= 15 is 0 Å². The fourth-order valence-electron chi connectivity index (χ4n) is 2.53. The molecule has 25 heavy (non-hydrogen) atoms. The van der Waals surface area contributed by atoms with Gasteiger partial charge in [0.2, 0.25) is 0 Å². The van der Waals surface area contributed by atoms with Crippen LogP contribution < -0.4 is 5.01 Å². The lowest BCUT2D eigenvalue weighted by molar-refractivity contribution is -0.384. The van der Waals surface area contributed by atoms with Gasteiger partial charge in [-0.2, -0.15) is 18.3 Å². The van der Waals surface area contributed by atoms with Crippen molar-refractivity contribution < 1.29 is 18.1 Å². The minimum Gasteiger partial charge on any atom is -0.258 e. The van der Waals surface area contributed by atoms with Crippen molar-refractivity contribution >= 4 is 17.1 Å². The predicted molar refractivity (Wildman–Crippen MR) is 87.4 cm³/mol. The number of nitro benzene ring substituents is 1. The molecule has 0 radical (unpaired) electrons. The molecule has 2 aromatic carbocycles. The molecular formula is C17H12F3N3O2. The summed E-state index contributed by atoms with van der Waals surface area (Å²) in [5.41, 5.74) is -0.649. The fraction of sp³-hybridized carbons (Fsp3) is 0.118. The Morgan fingerprint density at radius 2 is 1.80 bits per heavy atom. The van der Waals surface area contributed by atoms with Gasteiger partial charge in [-0.05, 0) is 17.7 Å². The molecule has 0 saturated carbocycles. The van der Waals surface area contributed by atoms with Gasteiger partial charge in [0, 0.05) is 18.3 Å². The highest BCUT2D eigenvalue weighted by atomic mass is 19.4. The van der Waals surface area contributed by atoms with E-state index in [1.54, 1.807) is 30.3 Å². The second-order valence-corrected chi connectivity index (χ2v) is 5.33. The van der Waals surface area contributed by atoms with E-state index < -0.39 is 22.7 Å². The number of hydrogen-bond acceptors (Lipinski definition) is 4. The van der Waals surface area contributed by atoms with Crippen molar-refractivity contribution in [3.05, 3.63) is 82.6 Å². The number of nitrogens with zero attached hydrogens (tertiary/aromatic N) is 3. The summed E-state index contributed by atoms with van der Waals surface area (Å²) in [4.78, 5) is 10.2. The molecule has 0 aromatic heterocycles. The minimum absolute atomic E-state index is 0.161. The van der Waals surface area contributed by atoms with Gasteiger partial charge in [-0.25, -0.2) is 5.01 Å². The fourth-order valence-corrected chi connectivity index (χ4v) is 2.53. The molecule has 0 aliphatic carbocycles. The Balaban J connectivity index is 2.02. The maximum atomic E-state index is 13.5. The molecular weight excluding hydrogens is 335 g/mol. The van der Waals surface area contributed by atoms with E-state index in [1.807, 2.05) is 0 Å². The topological polar surface area (TPSA) is 58.7 Å². The monoisotopic (exact) mass is 347 g/mol. The highest BCUT2D eigenvalue weighted by Gasteiger charge is 2.42. The van der Waals surface area contributed by atoms with E-state index in [9.17, 15) is 23.3 Å². The van der Waals surface area contributed by atoms with E-state index in [0.717, 1.165) is 11.1 Å². The molecule has 0 amide bonds. The second-order valence-electron chi connectivity index (χ2n) is 5.33. The predicted octanol–water partition coefficient (Wildman–Crippen LogP) is 4.63. The van der Waals surface area contributed by atoms with Crippen molar-refractivity contribution in [1.29, 1.82) is 0 Å². The third kappa shape index (κ3) is 3.52. The van der Waals surface area contributed by atoms with Crippen LogP contribution in [0.2, 0.25) is 0 Å². The van der Waals surface area contributed by atoms with Crippen LogP contribution >= 0.6 is 0 Å². The van der Waals surface area contributed by atoms with Gasteiger partial charge in [0.1, 0.15) is 0 Å². The average molecular weight is 347 g/mol. The van der Waals surface area contributed by atoms with E-state index in [2.05, 4.69) is 5.10 Å². The zero-order chi connectivity index (χ0) is 18.0.